The molecule has 0 unspecified atom stereocenters. The van der Waals surface area contributed by atoms with Crippen LogP contribution in [0.4, 0.5) is 18.9 Å². The molecule has 2 N–H and O–H groups in total. The second-order valence-electron chi connectivity index (χ2n) is 4.12. The summed E-state index contributed by atoms with van der Waals surface area (Å²) in [5, 5.41) is 8.83. The van der Waals surface area contributed by atoms with Gasteiger partial charge in [0.05, 0.1) is 10.8 Å². The molecule has 0 saturated carbocycles. The van der Waals surface area contributed by atoms with Gasteiger partial charge in [0, 0.05) is 5.69 Å². The highest BCUT2D eigenvalue weighted by molar-refractivity contribution is 8.00. The van der Waals surface area contributed by atoms with E-state index >= 15 is 0 Å². The maximum Gasteiger partial charge on any atom is 0.416 e. The van der Waals surface area contributed by atoms with Gasteiger partial charge >= 0.3 is 6.18 Å². The number of aromatic amines is 1. The van der Waals surface area contributed by atoms with Gasteiger partial charge in [-0.3, -0.25) is 9.89 Å². The van der Waals surface area contributed by atoms with Crippen molar-refractivity contribution in [3.63, 3.8) is 0 Å². The predicted octanol–water partition coefficient (Wildman–Crippen LogP) is 2.94. The third-order valence-corrected chi connectivity index (χ3v) is 3.52. The van der Waals surface area contributed by atoms with E-state index in [1.54, 1.807) is 6.92 Å². The van der Waals surface area contributed by atoms with E-state index in [0.29, 0.717) is 10.8 Å². The fourth-order valence-corrected chi connectivity index (χ4v) is 2.17. The van der Waals surface area contributed by atoms with Gasteiger partial charge in [0.2, 0.25) is 5.91 Å². The number of hydrogen-bond acceptors (Lipinski definition) is 4. The lowest BCUT2D eigenvalue weighted by atomic mass is 10.2. The van der Waals surface area contributed by atoms with Crippen molar-refractivity contribution in [1.82, 2.24) is 15.2 Å². The summed E-state index contributed by atoms with van der Waals surface area (Å²) in [6, 6.07) is 4.27. The first kappa shape index (κ1) is 15.4. The second-order valence-corrected chi connectivity index (χ2v) is 5.44. The monoisotopic (exact) mass is 316 g/mol. The van der Waals surface area contributed by atoms with Gasteiger partial charge in [-0.2, -0.15) is 18.3 Å². The molecular formula is C12H11F3N4OS. The zero-order valence-corrected chi connectivity index (χ0v) is 11.6. The third kappa shape index (κ3) is 4.22. The van der Waals surface area contributed by atoms with Gasteiger partial charge in [-0.25, -0.2) is 4.98 Å². The first-order chi connectivity index (χ1) is 9.86. The normalized spacial score (nSPS) is 13.0. The summed E-state index contributed by atoms with van der Waals surface area (Å²) in [6.45, 7) is 1.66. The van der Waals surface area contributed by atoms with Gasteiger partial charge in [0.15, 0.2) is 5.16 Å². The lowest BCUT2D eigenvalue weighted by Gasteiger charge is -2.11. The minimum atomic E-state index is -4.39. The zero-order valence-electron chi connectivity index (χ0n) is 10.8. The zero-order chi connectivity index (χ0) is 15.5. The van der Waals surface area contributed by atoms with Crippen LogP contribution in [0.3, 0.4) is 0 Å². The SMILES string of the molecule is C[C@H](Sc1ncn[nH]1)C(=O)Nc1ccc(C(F)(F)F)cc1. The molecule has 0 radical (unpaired) electrons. The first-order valence-electron chi connectivity index (χ1n) is 5.86. The smallest absolute Gasteiger partial charge is 0.325 e. The molecule has 2 aromatic rings. The number of H-pyrrole nitrogens is 1. The molecule has 0 saturated heterocycles. The lowest BCUT2D eigenvalue weighted by molar-refractivity contribution is -0.137. The maximum absolute atomic E-state index is 12.4. The van der Waals surface area contributed by atoms with Crippen LogP contribution in [-0.2, 0) is 11.0 Å². The number of carbonyl (C=O) groups is 1. The van der Waals surface area contributed by atoms with Gasteiger partial charge in [0.25, 0.3) is 0 Å². The molecule has 1 amide bonds. The van der Waals surface area contributed by atoms with Crippen molar-refractivity contribution in [2.45, 2.75) is 23.5 Å². The molecule has 1 atom stereocenters. The van der Waals surface area contributed by atoms with Gasteiger partial charge in [0.1, 0.15) is 6.33 Å². The number of benzene rings is 1. The number of alkyl halides is 3. The molecule has 0 fully saturated rings. The summed E-state index contributed by atoms with van der Waals surface area (Å²) in [7, 11) is 0. The molecule has 9 heteroatoms. The van der Waals surface area contributed by atoms with Crippen molar-refractivity contribution in [3.05, 3.63) is 36.2 Å². The Kier molecular flexibility index (Phi) is 4.51. The highest BCUT2D eigenvalue weighted by Gasteiger charge is 2.30. The van der Waals surface area contributed by atoms with Crippen molar-refractivity contribution in [1.29, 1.82) is 0 Å². The van der Waals surface area contributed by atoms with Crippen molar-refractivity contribution in [2.75, 3.05) is 5.32 Å². The van der Waals surface area contributed by atoms with Crippen LogP contribution in [0, 0.1) is 0 Å². The molecule has 5 nitrogen and oxygen atoms in total. The number of aromatic nitrogens is 3. The minimum absolute atomic E-state index is 0.304. The number of rotatable bonds is 4. The first-order valence-corrected chi connectivity index (χ1v) is 6.74. The Morgan fingerprint density at radius 1 is 1.33 bits per heavy atom. The van der Waals surface area contributed by atoms with E-state index in [1.807, 2.05) is 0 Å². The average Bonchev–Trinajstić information content (AvgIpc) is 2.91. The van der Waals surface area contributed by atoms with Gasteiger partial charge in [-0.1, -0.05) is 11.8 Å². The van der Waals surface area contributed by atoms with Crippen LogP contribution >= 0.6 is 11.8 Å². The topological polar surface area (TPSA) is 70.7 Å². The van der Waals surface area contributed by atoms with E-state index in [2.05, 4.69) is 20.5 Å². The standard InChI is InChI=1S/C12H11F3N4OS/c1-7(21-11-16-6-17-19-11)10(20)18-9-4-2-8(3-5-9)12(13,14)15/h2-7H,1H3,(H,18,20)(H,16,17,19)/t7-/m0/s1. The number of anilines is 1. The number of hydrogen-bond donors (Lipinski definition) is 2. The molecule has 2 rings (SSSR count). The van der Waals surface area contributed by atoms with Crippen molar-refractivity contribution in [3.8, 4) is 0 Å². The van der Waals surface area contributed by atoms with Crippen molar-refractivity contribution >= 4 is 23.4 Å². The Balaban J connectivity index is 1.96. The predicted molar refractivity (Wildman–Crippen MR) is 71.8 cm³/mol. The van der Waals surface area contributed by atoms with Crippen molar-refractivity contribution in [2.24, 2.45) is 0 Å². The quantitative estimate of drug-likeness (QED) is 0.851. The summed E-state index contributed by atoms with van der Waals surface area (Å²) in [5.41, 5.74) is -0.456. The molecule has 0 spiro atoms. The van der Waals surface area contributed by atoms with Gasteiger partial charge in [-0.05, 0) is 31.2 Å². The fraction of sp³-hybridized carbons (Fsp3) is 0.250. The Labute approximate surface area is 122 Å². The van der Waals surface area contributed by atoms with Crippen LogP contribution in [0.5, 0.6) is 0 Å². The number of thioether (sulfide) groups is 1. The Bertz CT molecular complexity index is 598. The fourth-order valence-electron chi connectivity index (χ4n) is 1.46. The molecule has 0 aliphatic carbocycles. The number of amides is 1. The van der Waals surface area contributed by atoms with Crippen LogP contribution in [-0.4, -0.2) is 26.3 Å². The number of nitrogens with zero attached hydrogens (tertiary/aromatic N) is 2. The summed E-state index contributed by atoms with van der Waals surface area (Å²) >= 11 is 1.16. The van der Waals surface area contributed by atoms with E-state index in [4.69, 9.17) is 0 Å². The van der Waals surface area contributed by atoms with E-state index in [9.17, 15) is 18.0 Å². The second kappa shape index (κ2) is 6.17. The van der Waals surface area contributed by atoms with E-state index in [1.165, 1.54) is 18.5 Å². The maximum atomic E-state index is 12.4. The van der Waals surface area contributed by atoms with Crippen LogP contribution in [0.15, 0.2) is 35.7 Å². The number of nitrogens with one attached hydrogen (secondary N) is 2. The number of carbonyl (C=O) groups excluding carboxylic acids is 1. The highest BCUT2D eigenvalue weighted by Crippen LogP contribution is 2.30. The minimum Gasteiger partial charge on any atom is -0.325 e. The van der Waals surface area contributed by atoms with Gasteiger partial charge in [-0.15, -0.1) is 0 Å². The molecule has 1 heterocycles. The summed E-state index contributed by atoms with van der Waals surface area (Å²) in [4.78, 5) is 15.8. The Morgan fingerprint density at radius 3 is 2.52 bits per heavy atom. The van der Waals surface area contributed by atoms with Crippen LogP contribution in [0.25, 0.3) is 0 Å². The molecule has 0 aliphatic rings. The molecule has 1 aromatic heterocycles. The summed E-state index contributed by atoms with van der Waals surface area (Å²) < 4.78 is 37.2. The molecule has 112 valence electrons. The van der Waals surface area contributed by atoms with Crippen LogP contribution in [0.1, 0.15) is 12.5 Å². The molecular weight excluding hydrogens is 305 g/mol. The highest BCUT2D eigenvalue weighted by atomic mass is 32.2. The Hall–Kier alpha value is -2.03. The van der Waals surface area contributed by atoms with Gasteiger partial charge < -0.3 is 5.32 Å². The Morgan fingerprint density at radius 2 is 2.00 bits per heavy atom. The van der Waals surface area contributed by atoms with E-state index in [-0.39, 0.29) is 5.91 Å². The molecule has 21 heavy (non-hydrogen) atoms. The molecule has 0 aliphatic heterocycles. The number of halogens is 3. The third-order valence-electron chi connectivity index (χ3n) is 2.53. The summed E-state index contributed by atoms with van der Waals surface area (Å²) in [6.07, 6.45) is -3.07. The molecule has 1 aromatic carbocycles. The van der Waals surface area contributed by atoms with E-state index < -0.39 is 17.0 Å². The molecule has 0 bridgehead atoms. The van der Waals surface area contributed by atoms with E-state index in [0.717, 1.165) is 23.9 Å². The largest absolute Gasteiger partial charge is 0.416 e. The van der Waals surface area contributed by atoms with Crippen molar-refractivity contribution < 1.29 is 18.0 Å². The van der Waals surface area contributed by atoms with Crippen LogP contribution in [0.2, 0.25) is 0 Å². The summed E-state index contributed by atoms with van der Waals surface area (Å²) in [5.74, 6) is -0.337. The lowest BCUT2D eigenvalue weighted by Crippen LogP contribution is -2.22. The van der Waals surface area contributed by atoms with Crippen LogP contribution < -0.4 is 5.32 Å². The average molecular weight is 316 g/mol.